The van der Waals surface area contributed by atoms with E-state index < -0.39 is 11.3 Å². The highest BCUT2D eigenvalue weighted by Gasteiger charge is 2.48. The van der Waals surface area contributed by atoms with Crippen molar-refractivity contribution in [3.8, 4) is 0 Å². The lowest BCUT2D eigenvalue weighted by Gasteiger charge is -2.42. The molecule has 2 aromatic heterocycles. The summed E-state index contributed by atoms with van der Waals surface area (Å²) in [6.45, 7) is 0. The van der Waals surface area contributed by atoms with E-state index in [0.29, 0.717) is 29.3 Å². The number of aromatic amines is 1. The minimum Gasteiger partial charge on any atom is -0.369 e. The average Bonchev–Trinajstić information content (AvgIpc) is 3.12. The molecule has 2 unspecified atom stereocenters. The van der Waals surface area contributed by atoms with Gasteiger partial charge in [-0.15, -0.1) is 0 Å². The maximum absolute atomic E-state index is 15.2. The molecule has 6 heteroatoms. The van der Waals surface area contributed by atoms with Crippen molar-refractivity contribution >= 4 is 16.8 Å². The first-order chi connectivity index (χ1) is 12.1. The van der Waals surface area contributed by atoms with Crippen molar-refractivity contribution in [1.29, 1.82) is 0 Å². The number of pyridine rings is 1. The minimum absolute atomic E-state index is 0.317. The van der Waals surface area contributed by atoms with Gasteiger partial charge in [-0.05, 0) is 36.1 Å². The van der Waals surface area contributed by atoms with E-state index >= 15 is 4.39 Å². The second kappa shape index (κ2) is 5.95. The Labute approximate surface area is 144 Å². The average molecular weight is 338 g/mol. The zero-order valence-corrected chi connectivity index (χ0v) is 13.7. The van der Waals surface area contributed by atoms with Gasteiger partial charge in [-0.25, -0.2) is 4.39 Å². The van der Waals surface area contributed by atoms with E-state index in [9.17, 15) is 4.79 Å². The second-order valence-electron chi connectivity index (χ2n) is 6.68. The number of carbonyl (C=O) groups is 1. The Morgan fingerprint density at radius 2 is 2.16 bits per heavy atom. The third kappa shape index (κ3) is 2.32. The number of nitrogens with one attached hydrogen (secondary N) is 1. The number of halogens is 1. The van der Waals surface area contributed by atoms with E-state index in [4.69, 9.17) is 5.73 Å². The molecule has 1 aromatic carbocycles. The molecule has 0 radical (unpaired) electrons. The summed E-state index contributed by atoms with van der Waals surface area (Å²) in [5.74, 6) is -1.06. The number of hydrogen-bond donors (Lipinski definition) is 2. The number of amides is 1. The van der Waals surface area contributed by atoms with E-state index in [-0.39, 0.29) is 11.7 Å². The van der Waals surface area contributed by atoms with Crippen molar-refractivity contribution in [2.24, 2.45) is 5.73 Å². The summed E-state index contributed by atoms with van der Waals surface area (Å²) in [6.07, 6.45) is 7.94. The van der Waals surface area contributed by atoms with Crippen LogP contribution >= 0.6 is 0 Å². The van der Waals surface area contributed by atoms with Gasteiger partial charge in [-0.3, -0.25) is 14.9 Å². The van der Waals surface area contributed by atoms with E-state index in [1.807, 2.05) is 12.1 Å². The zero-order chi connectivity index (χ0) is 17.4. The zero-order valence-electron chi connectivity index (χ0n) is 13.7. The molecule has 0 saturated heterocycles. The van der Waals surface area contributed by atoms with Crippen molar-refractivity contribution in [2.75, 3.05) is 0 Å². The van der Waals surface area contributed by atoms with Crippen LogP contribution in [0.2, 0.25) is 0 Å². The van der Waals surface area contributed by atoms with E-state index in [0.717, 1.165) is 18.4 Å². The van der Waals surface area contributed by atoms with Crippen LogP contribution in [-0.2, 0) is 10.2 Å². The highest BCUT2D eigenvalue weighted by molar-refractivity contribution is 5.89. The van der Waals surface area contributed by atoms with Crippen molar-refractivity contribution in [1.82, 2.24) is 15.2 Å². The molecule has 4 rings (SSSR count). The first-order valence-electron chi connectivity index (χ1n) is 8.46. The van der Waals surface area contributed by atoms with Gasteiger partial charge in [-0.1, -0.05) is 25.0 Å². The predicted octanol–water partition coefficient (Wildman–Crippen LogP) is 3.18. The first-order valence-corrected chi connectivity index (χ1v) is 8.46. The summed E-state index contributed by atoms with van der Waals surface area (Å²) in [5, 5.41) is 7.12. The highest BCUT2D eigenvalue weighted by atomic mass is 19.1. The molecule has 0 bridgehead atoms. The quantitative estimate of drug-likeness (QED) is 0.769. The number of fused-ring (bicyclic) bond motifs is 1. The van der Waals surface area contributed by atoms with Crippen molar-refractivity contribution in [3.05, 3.63) is 59.8 Å². The third-order valence-electron chi connectivity index (χ3n) is 5.49. The molecule has 2 atom stereocenters. The van der Waals surface area contributed by atoms with Gasteiger partial charge in [0.05, 0.1) is 22.5 Å². The molecule has 0 aliphatic heterocycles. The Balaban J connectivity index is 1.93. The maximum atomic E-state index is 15.2. The fourth-order valence-corrected chi connectivity index (χ4v) is 4.27. The van der Waals surface area contributed by atoms with Gasteiger partial charge in [0.2, 0.25) is 5.91 Å². The molecule has 3 aromatic rings. The lowest BCUT2D eigenvalue weighted by molar-refractivity contribution is -0.125. The number of nitrogens with zero attached hydrogens (tertiary/aromatic N) is 2. The normalized spacial score (nSPS) is 23.6. The van der Waals surface area contributed by atoms with Crippen LogP contribution in [0.25, 0.3) is 10.9 Å². The van der Waals surface area contributed by atoms with Gasteiger partial charge in [-0.2, -0.15) is 5.10 Å². The molecule has 128 valence electrons. The lowest BCUT2D eigenvalue weighted by atomic mass is 9.60. The summed E-state index contributed by atoms with van der Waals surface area (Å²) >= 11 is 0. The molecule has 25 heavy (non-hydrogen) atoms. The topological polar surface area (TPSA) is 84.7 Å². The second-order valence-corrected chi connectivity index (χ2v) is 6.68. The Bertz CT molecular complexity index is 924. The summed E-state index contributed by atoms with van der Waals surface area (Å²) in [5.41, 5.74) is 6.89. The van der Waals surface area contributed by atoms with Crippen LogP contribution in [0.15, 0.2) is 42.9 Å². The van der Waals surface area contributed by atoms with Crippen molar-refractivity contribution in [2.45, 2.75) is 37.0 Å². The van der Waals surface area contributed by atoms with Crippen LogP contribution in [0, 0.1) is 5.82 Å². The Morgan fingerprint density at radius 1 is 1.28 bits per heavy atom. The Morgan fingerprint density at radius 3 is 2.92 bits per heavy atom. The van der Waals surface area contributed by atoms with Gasteiger partial charge in [0.25, 0.3) is 0 Å². The molecule has 3 N–H and O–H groups in total. The molecular weight excluding hydrogens is 319 g/mol. The van der Waals surface area contributed by atoms with Crippen LogP contribution in [0.1, 0.15) is 42.7 Å². The number of primary amides is 1. The third-order valence-corrected chi connectivity index (χ3v) is 5.49. The summed E-state index contributed by atoms with van der Waals surface area (Å²) in [6, 6.07) is 7.22. The van der Waals surface area contributed by atoms with E-state index in [2.05, 4.69) is 15.2 Å². The minimum atomic E-state index is -0.940. The standard InChI is InChI=1S/C19H19FN4O/c20-17-13(6-7-16-14(17)11-23-24-16)15-5-1-2-8-19(15,18(21)25)12-4-3-9-22-10-12/h3-4,6-7,9-11,15H,1-2,5,8H2,(H2,21,25)(H,23,24). The molecule has 2 heterocycles. The van der Waals surface area contributed by atoms with E-state index in [1.165, 1.54) is 6.20 Å². The van der Waals surface area contributed by atoms with Crippen LogP contribution in [0.4, 0.5) is 4.39 Å². The van der Waals surface area contributed by atoms with Gasteiger partial charge in [0, 0.05) is 18.3 Å². The molecule has 1 saturated carbocycles. The SMILES string of the molecule is NC(=O)C1(c2cccnc2)CCCCC1c1ccc2[nH]ncc2c1F. The van der Waals surface area contributed by atoms with Crippen LogP contribution in [0.5, 0.6) is 0 Å². The molecule has 1 aliphatic carbocycles. The van der Waals surface area contributed by atoms with Crippen LogP contribution < -0.4 is 5.73 Å². The van der Waals surface area contributed by atoms with Crippen LogP contribution in [-0.4, -0.2) is 21.1 Å². The van der Waals surface area contributed by atoms with E-state index in [1.54, 1.807) is 24.5 Å². The van der Waals surface area contributed by atoms with Gasteiger partial charge >= 0.3 is 0 Å². The number of H-pyrrole nitrogens is 1. The largest absolute Gasteiger partial charge is 0.369 e. The molecular formula is C19H19FN4O. The number of rotatable bonds is 3. The number of nitrogens with two attached hydrogens (primary N) is 1. The number of carbonyl (C=O) groups excluding carboxylic acids is 1. The Hall–Kier alpha value is -2.76. The van der Waals surface area contributed by atoms with Crippen LogP contribution in [0.3, 0.4) is 0 Å². The smallest absolute Gasteiger partial charge is 0.228 e. The summed E-state index contributed by atoms with van der Waals surface area (Å²) in [7, 11) is 0. The fourth-order valence-electron chi connectivity index (χ4n) is 4.27. The molecule has 1 aliphatic rings. The predicted molar refractivity (Wildman–Crippen MR) is 92.4 cm³/mol. The van der Waals surface area contributed by atoms with Crippen molar-refractivity contribution in [3.63, 3.8) is 0 Å². The molecule has 5 nitrogen and oxygen atoms in total. The van der Waals surface area contributed by atoms with Gasteiger partial charge in [0.15, 0.2) is 0 Å². The van der Waals surface area contributed by atoms with Gasteiger partial charge in [0.1, 0.15) is 5.82 Å². The number of hydrogen-bond acceptors (Lipinski definition) is 3. The van der Waals surface area contributed by atoms with Gasteiger partial charge < -0.3 is 5.73 Å². The Kier molecular flexibility index (Phi) is 3.75. The fraction of sp³-hybridized carbons (Fsp3) is 0.316. The maximum Gasteiger partial charge on any atom is 0.228 e. The molecule has 1 fully saturated rings. The number of benzene rings is 1. The first kappa shape index (κ1) is 15.7. The molecule has 1 amide bonds. The summed E-state index contributed by atoms with van der Waals surface area (Å²) in [4.78, 5) is 16.8. The summed E-state index contributed by atoms with van der Waals surface area (Å²) < 4.78 is 15.2. The van der Waals surface area contributed by atoms with Crippen molar-refractivity contribution < 1.29 is 9.18 Å². The number of aromatic nitrogens is 3. The lowest BCUT2D eigenvalue weighted by Crippen LogP contribution is -2.48. The molecule has 0 spiro atoms. The highest BCUT2D eigenvalue weighted by Crippen LogP contribution is 2.50. The monoisotopic (exact) mass is 338 g/mol.